The highest BCUT2D eigenvalue weighted by molar-refractivity contribution is 5.84. The lowest BCUT2D eigenvalue weighted by Crippen LogP contribution is -2.45. The van der Waals surface area contributed by atoms with Crippen molar-refractivity contribution in [1.82, 2.24) is 10.2 Å². The number of ether oxygens (including phenoxy) is 1. The zero-order valence-corrected chi connectivity index (χ0v) is 14.1. The van der Waals surface area contributed by atoms with Gasteiger partial charge in [0.15, 0.2) is 0 Å². The fourth-order valence-electron chi connectivity index (χ4n) is 4.54. The van der Waals surface area contributed by atoms with Gasteiger partial charge in [0.05, 0.1) is 12.0 Å². The van der Waals surface area contributed by atoms with Gasteiger partial charge < -0.3 is 15.0 Å². The number of carbonyl (C=O) groups excluding carboxylic acids is 2. The summed E-state index contributed by atoms with van der Waals surface area (Å²) in [6.45, 7) is 1.58. The Morgan fingerprint density at radius 3 is 2.57 bits per heavy atom. The van der Waals surface area contributed by atoms with Crippen molar-refractivity contribution in [2.24, 2.45) is 11.3 Å². The molecular weight excluding hydrogens is 292 g/mol. The van der Waals surface area contributed by atoms with E-state index in [-0.39, 0.29) is 28.7 Å². The van der Waals surface area contributed by atoms with Gasteiger partial charge in [0.25, 0.3) is 0 Å². The maximum atomic E-state index is 12.6. The Labute approximate surface area is 138 Å². The molecule has 4 aliphatic rings. The molecule has 5 heteroatoms. The lowest BCUT2D eigenvalue weighted by Gasteiger charge is -2.40. The molecule has 0 aromatic rings. The largest absolute Gasteiger partial charge is 0.378 e. The lowest BCUT2D eigenvalue weighted by atomic mass is 9.77. The zero-order valence-electron chi connectivity index (χ0n) is 14.1. The summed E-state index contributed by atoms with van der Waals surface area (Å²) in [5.41, 5.74) is -0.110. The fraction of sp³-hybridized carbons (Fsp3) is 0.889. The van der Waals surface area contributed by atoms with Crippen LogP contribution in [-0.4, -0.2) is 48.6 Å². The molecule has 1 heterocycles. The molecule has 3 saturated carbocycles. The van der Waals surface area contributed by atoms with Crippen LogP contribution >= 0.6 is 0 Å². The number of rotatable bonds is 5. The predicted molar refractivity (Wildman–Crippen MR) is 85.7 cm³/mol. The highest BCUT2D eigenvalue weighted by Crippen LogP contribution is 2.58. The van der Waals surface area contributed by atoms with Crippen LogP contribution in [0.4, 0.5) is 0 Å². The molecule has 0 bridgehead atoms. The smallest absolute Gasteiger partial charge is 0.225 e. The van der Waals surface area contributed by atoms with Crippen molar-refractivity contribution in [2.75, 3.05) is 20.2 Å². The third-order valence-electron chi connectivity index (χ3n) is 6.87. The van der Waals surface area contributed by atoms with Crippen molar-refractivity contribution in [3.05, 3.63) is 0 Å². The molecule has 2 atom stereocenters. The highest BCUT2D eigenvalue weighted by Gasteiger charge is 2.61. The first-order valence-corrected chi connectivity index (χ1v) is 9.19. The van der Waals surface area contributed by atoms with E-state index in [1.165, 1.54) is 6.42 Å². The summed E-state index contributed by atoms with van der Waals surface area (Å²) < 4.78 is 5.58. The number of methoxy groups -OCH3 is 1. The molecule has 4 fully saturated rings. The van der Waals surface area contributed by atoms with Gasteiger partial charge >= 0.3 is 0 Å². The molecule has 2 amide bonds. The zero-order chi connectivity index (χ0) is 16.1. The quantitative estimate of drug-likeness (QED) is 0.841. The second-order valence-electron chi connectivity index (χ2n) is 8.24. The first-order valence-electron chi connectivity index (χ1n) is 9.19. The van der Waals surface area contributed by atoms with E-state index >= 15 is 0 Å². The Balaban J connectivity index is 1.29. The molecule has 3 aliphatic carbocycles. The molecule has 23 heavy (non-hydrogen) atoms. The van der Waals surface area contributed by atoms with Gasteiger partial charge in [-0.05, 0) is 51.4 Å². The van der Waals surface area contributed by atoms with Gasteiger partial charge in [-0.2, -0.15) is 0 Å². The Bertz CT molecular complexity index is 507. The average Bonchev–Trinajstić information content (AvgIpc) is 2.98. The number of nitrogens with zero attached hydrogens (tertiary/aromatic N) is 1. The van der Waals surface area contributed by atoms with E-state index in [4.69, 9.17) is 4.74 Å². The third kappa shape index (κ3) is 2.67. The Morgan fingerprint density at radius 2 is 2.00 bits per heavy atom. The summed E-state index contributed by atoms with van der Waals surface area (Å²) in [6, 6.07) is 0.416. The van der Waals surface area contributed by atoms with Crippen LogP contribution in [0.3, 0.4) is 0 Å². The van der Waals surface area contributed by atoms with Gasteiger partial charge in [0.1, 0.15) is 0 Å². The van der Waals surface area contributed by atoms with Crippen LogP contribution in [0, 0.1) is 11.3 Å². The van der Waals surface area contributed by atoms with Crippen LogP contribution in [0.15, 0.2) is 0 Å². The van der Waals surface area contributed by atoms with E-state index in [9.17, 15) is 9.59 Å². The predicted octanol–water partition coefficient (Wildman–Crippen LogP) is 1.85. The highest BCUT2D eigenvalue weighted by atomic mass is 16.5. The second kappa shape index (κ2) is 5.47. The molecule has 1 saturated heterocycles. The van der Waals surface area contributed by atoms with Crippen LogP contribution in [-0.2, 0) is 14.3 Å². The molecule has 0 radical (unpaired) electrons. The van der Waals surface area contributed by atoms with Crippen molar-refractivity contribution in [3.63, 3.8) is 0 Å². The van der Waals surface area contributed by atoms with E-state index in [0.717, 1.165) is 58.0 Å². The van der Waals surface area contributed by atoms with Crippen LogP contribution in [0.2, 0.25) is 0 Å². The van der Waals surface area contributed by atoms with Crippen LogP contribution in [0.1, 0.15) is 57.8 Å². The molecule has 1 spiro atoms. The van der Waals surface area contributed by atoms with Crippen LogP contribution in [0.25, 0.3) is 0 Å². The molecule has 128 valence electrons. The minimum Gasteiger partial charge on any atom is -0.378 e. The monoisotopic (exact) mass is 320 g/mol. The molecule has 1 aliphatic heterocycles. The van der Waals surface area contributed by atoms with Crippen molar-refractivity contribution in [3.8, 4) is 0 Å². The Hall–Kier alpha value is -1.10. The van der Waals surface area contributed by atoms with Crippen molar-refractivity contribution >= 4 is 11.8 Å². The fourth-order valence-corrected chi connectivity index (χ4v) is 4.54. The number of nitrogens with one attached hydrogen (secondary N) is 1. The number of hydrogen-bond donors (Lipinski definition) is 1. The maximum absolute atomic E-state index is 12.6. The standard InChI is InChI=1S/C18H28N2O3/c1-23-18(6-3-7-18)11-15(21)20-9-8-17(12-20)10-14(17)16(22)19-13-4-2-5-13/h13-14H,2-12H2,1H3,(H,19,22). The topological polar surface area (TPSA) is 58.6 Å². The second-order valence-corrected chi connectivity index (χ2v) is 8.24. The number of likely N-dealkylation sites (tertiary alicyclic amines) is 1. The molecule has 5 nitrogen and oxygen atoms in total. The summed E-state index contributed by atoms with van der Waals surface area (Å²) in [5.74, 6) is 0.589. The molecule has 0 aromatic carbocycles. The van der Waals surface area contributed by atoms with Gasteiger partial charge in [-0.1, -0.05) is 0 Å². The SMILES string of the molecule is COC1(CC(=O)N2CCC3(CC3C(=O)NC3CCC3)C2)CCC1. The minimum absolute atomic E-state index is 0.0866. The normalized spacial score (nSPS) is 34.8. The molecule has 1 N–H and O–H groups in total. The molecule has 4 rings (SSSR count). The number of hydrogen-bond acceptors (Lipinski definition) is 3. The molecule has 2 unspecified atom stereocenters. The summed E-state index contributed by atoms with van der Waals surface area (Å²) in [7, 11) is 1.72. The van der Waals surface area contributed by atoms with Gasteiger partial charge in [0, 0.05) is 37.6 Å². The van der Waals surface area contributed by atoms with Gasteiger partial charge in [-0.15, -0.1) is 0 Å². The summed E-state index contributed by atoms with van der Waals surface area (Å²) in [4.78, 5) is 26.9. The van der Waals surface area contributed by atoms with Crippen molar-refractivity contribution < 1.29 is 14.3 Å². The van der Waals surface area contributed by atoms with Crippen LogP contribution < -0.4 is 5.32 Å². The van der Waals surface area contributed by atoms with Gasteiger partial charge in [-0.25, -0.2) is 0 Å². The van der Waals surface area contributed by atoms with E-state index in [2.05, 4.69) is 5.32 Å². The number of carbonyl (C=O) groups is 2. The van der Waals surface area contributed by atoms with Crippen molar-refractivity contribution in [2.45, 2.75) is 69.4 Å². The van der Waals surface area contributed by atoms with E-state index < -0.39 is 0 Å². The van der Waals surface area contributed by atoms with Gasteiger partial charge in [0.2, 0.25) is 11.8 Å². The van der Waals surface area contributed by atoms with E-state index in [1.54, 1.807) is 7.11 Å². The molecule has 0 aromatic heterocycles. The summed E-state index contributed by atoms with van der Waals surface area (Å²) >= 11 is 0. The Kier molecular flexibility index (Phi) is 3.67. The Morgan fingerprint density at radius 1 is 1.22 bits per heavy atom. The van der Waals surface area contributed by atoms with Gasteiger partial charge in [-0.3, -0.25) is 9.59 Å². The minimum atomic E-state index is -0.197. The van der Waals surface area contributed by atoms with E-state index in [0.29, 0.717) is 12.5 Å². The third-order valence-corrected chi connectivity index (χ3v) is 6.87. The molecular formula is C18H28N2O3. The maximum Gasteiger partial charge on any atom is 0.225 e. The average molecular weight is 320 g/mol. The van der Waals surface area contributed by atoms with Crippen LogP contribution in [0.5, 0.6) is 0 Å². The van der Waals surface area contributed by atoms with Crippen molar-refractivity contribution in [1.29, 1.82) is 0 Å². The first-order chi connectivity index (χ1) is 11.1. The van der Waals surface area contributed by atoms with E-state index in [1.807, 2.05) is 4.90 Å². The summed E-state index contributed by atoms with van der Waals surface area (Å²) in [5, 5.41) is 3.18. The lowest BCUT2D eigenvalue weighted by molar-refractivity contribution is -0.143. The first kappa shape index (κ1) is 15.4. The summed E-state index contributed by atoms with van der Waals surface area (Å²) in [6.07, 6.45) is 9.13. The number of amides is 2.